The molecule has 1 aromatic carbocycles. The van der Waals surface area contributed by atoms with Crippen LogP contribution in [0.1, 0.15) is 13.3 Å². The molecular formula is C13H18F2N2O4S2. The van der Waals surface area contributed by atoms with Gasteiger partial charge in [0.25, 0.3) is 0 Å². The van der Waals surface area contributed by atoms with Crippen molar-refractivity contribution in [2.45, 2.75) is 18.2 Å². The number of piperazine rings is 1. The van der Waals surface area contributed by atoms with Crippen molar-refractivity contribution < 1.29 is 25.6 Å². The van der Waals surface area contributed by atoms with Gasteiger partial charge in [-0.1, -0.05) is 6.92 Å². The van der Waals surface area contributed by atoms with Crippen molar-refractivity contribution >= 4 is 20.0 Å². The number of rotatable bonds is 5. The van der Waals surface area contributed by atoms with Crippen molar-refractivity contribution in [3.05, 3.63) is 29.8 Å². The minimum Gasteiger partial charge on any atom is -0.212 e. The lowest BCUT2D eigenvalue weighted by Crippen LogP contribution is -2.50. The number of halogens is 2. The number of nitrogens with zero attached hydrogens (tertiary/aromatic N) is 2. The van der Waals surface area contributed by atoms with Crippen LogP contribution >= 0.6 is 0 Å². The third kappa shape index (κ3) is 3.87. The van der Waals surface area contributed by atoms with E-state index in [1.165, 1.54) is 4.31 Å². The van der Waals surface area contributed by atoms with E-state index in [0.29, 0.717) is 12.5 Å². The lowest BCUT2D eigenvalue weighted by molar-refractivity contribution is 0.272. The third-order valence-electron chi connectivity index (χ3n) is 3.58. The second-order valence-electron chi connectivity index (χ2n) is 5.20. The first kappa shape index (κ1) is 18.2. The molecule has 0 N–H and O–H groups in total. The smallest absolute Gasteiger partial charge is 0.212 e. The molecule has 2 rings (SSSR count). The Morgan fingerprint density at radius 3 is 2.04 bits per heavy atom. The number of hydrogen-bond acceptors (Lipinski definition) is 4. The van der Waals surface area contributed by atoms with Crippen LogP contribution in [0.3, 0.4) is 0 Å². The molecule has 1 saturated heterocycles. The molecule has 1 aromatic rings. The summed E-state index contributed by atoms with van der Waals surface area (Å²) in [6.45, 7) is 1.80. The Hall–Kier alpha value is -1.10. The fourth-order valence-electron chi connectivity index (χ4n) is 2.36. The summed E-state index contributed by atoms with van der Waals surface area (Å²) in [6.07, 6.45) is 0.482. The average Bonchev–Trinajstić information content (AvgIpc) is 2.50. The maximum atomic E-state index is 13.2. The standard InChI is InChI=1S/C13H18F2N2O4S2/c1-2-9-22(18,19)16-5-7-17(8-6-16)23(20,21)11-3-4-12(14)13(15)10-11/h3-4,10H,2,5-9H2,1H3. The van der Waals surface area contributed by atoms with E-state index in [2.05, 4.69) is 0 Å². The largest absolute Gasteiger partial charge is 0.243 e. The lowest BCUT2D eigenvalue weighted by atomic mass is 10.3. The highest BCUT2D eigenvalue weighted by molar-refractivity contribution is 7.89. The van der Waals surface area contributed by atoms with Crippen molar-refractivity contribution in [1.82, 2.24) is 8.61 Å². The molecule has 0 bridgehead atoms. The van der Waals surface area contributed by atoms with Gasteiger partial charge < -0.3 is 0 Å². The van der Waals surface area contributed by atoms with Gasteiger partial charge in [0.1, 0.15) is 0 Å². The molecule has 1 fully saturated rings. The molecular weight excluding hydrogens is 350 g/mol. The van der Waals surface area contributed by atoms with E-state index in [-0.39, 0.29) is 36.8 Å². The van der Waals surface area contributed by atoms with Crippen LogP contribution in [-0.2, 0) is 20.0 Å². The Bertz CT molecular complexity index is 773. The van der Waals surface area contributed by atoms with Crippen LogP contribution in [0.15, 0.2) is 23.1 Å². The minimum atomic E-state index is -3.98. The van der Waals surface area contributed by atoms with Gasteiger partial charge >= 0.3 is 0 Å². The number of sulfonamides is 2. The molecule has 1 heterocycles. The molecule has 0 saturated carbocycles. The van der Waals surface area contributed by atoms with Gasteiger partial charge in [0.05, 0.1) is 10.6 Å². The number of benzene rings is 1. The summed E-state index contributed by atoms with van der Waals surface area (Å²) in [7, 11) is -7.35. The van der Waals surface area contributed by atoms with Gasteiger partial charge in [-0.05, 0) is 24.6 Å². The molecule has 6 nitrogen and oxygen atoms in total. The normalized spacial score (nSPS) is 18.2. The molecule has 0 amide bonds. The van der Waals surface area contributed by atoms with Crippen LogP contribution < -0.4 is 0 Å². The maximum absolute atomic E-state index is 13.2. The zero-order valence-corrected chi connectivity index (χ0v) is 14.2. The minimum absolute atomic E-state index is 0.0168. The van der Waals surface area contributed by atoms with E-state index >= 15 is 0 Å². The molecule has 10 heteroatoms. The highest BCUT2D eigenvalue weighted by Gasteiger charge is 2.32. The maximum Gasteiger partial charge on any atom is 0.243 e. The molecule has 1 aliphatic heterocycles. The van der Waals surface area contributed by atoms with Crippen LogP contribution in [-0.4, -0.2) is 57.4 Å². The summed E-state index contributed by atoms with van der Waals surface area (Å²) in [5.41, 5.74) is 0. The lowest BCUT2D eigenvalue weighted by Gasteiger charge is -2.33. The Morgan fingerprint density at radius 2 is 1.52 bits per heavy atom. The second kappa shape index (κ2) is 6.80. The Balaban J connectivity index is 2.14. The first-order valence-corrected chi connectivity index (χ1v) is 10.2. The van der Waals surface area contributed by atoms with Crippen molar-refractivity contribution in [3.8, 4) is 0 Å². The summed E-state index contributed by atoms with van der Waals surface area (Å²) in [5.74, 6) is -2.35. The Morgan fingerprint density at radius 1 is 0.957 bits per heavy atom. The summed E-state index contributed by atoms with van der Waals surface area (Å²) >= 11 is 0. The summed E-state index contributed by atoms with van der Waals surface area (Å²) in [5, 5.41) is 0. The van der Waals surface area contributed by atoms with Crippen LogP contribution in [0.4, 0.5) is 8.78 Å². The van der Waals surface area contributed by atoms with Gasteiger partial charge in [0.15, 0.2) is 11.6 Å². The van der Waals surface area contributed by atoms with Gasteiger partial charge in [-0.15, -0.1) is 0 Å². The van der Waals surface area contributed by atoms with E-state index in [1.54, 1.807) is 6.92 Å². The zero-order chi connectivity index (χ0) is 17.3. The molecule has 23 heavy (non-hydrogen) atoms. The average molecular weight is 368 g/mol. The van der Waals surface area contributed by atoms with Gasteiger partial charge in [-0.25, -0.2) is 25.6 Å². The Kier molecular flexibility index (Phi) is 5.39. The van der Waals surface area contributed by atoms with Crippen molar-refractivity contribution in [2.24, 2.45) is 0 Å². The molecule has 130 valence electrons. The second-order valence-corrected chi connectivity index (χ2v) is 9.22. The quantitative estimate of drug-likeness (QED) is 0.777. The monoisotopic (exact) mass is 368 g/mol. The summed E-state index contributed by atoms with van der Waals surface area (Å²) in [6, 6.07) is 2.38. The van der Waals surface area contributed by atoms with Crippen LogP contribution in [0.2, 0.25) is 0 Å². The van der Waals surface area contributed by atoms with E-state index in [9.17, 15) is 25.6 Å². The molecule has 1 aliphatic rings. The first-order valence-electron chi connectivity index (χ1n) is 7.11. The van der Waals surface area contributed by atoms with E-state index in [1.807, 2.05) is 0 Å². The van der Waals surface area contributed by atoms with E-state index in [4.69, 9.17) is 0 Å². The zero-order valence-electron chi connectivity index (χ0n) is 12.6. The van der Waals surface area contributed by atoms with Gasteiger partial charge in [-0.3, -0.25) is 0 Å². The predicted molar refractivity (Wildman–Crippen MR) is 80.8 cm³/mol. The van der Waals surface area contributed by atoms with E-state index in [0.717, 1.165) is 16.4 Å². The highest BCUT2D eigenvalue weighted by atomic mass is 32.2. The van der Waals surface area contributed by atoms with Crippen molar-refractivity contribution in [2.75, 3.05) is 31.9 Å². The summed E-state index contributed by atoms with van der Waals surface area (Å²) < 4.78 is 77.2. The van der Waals surface area contributed by atoms with Gasteiger partial charge in [0.2, 0.25) is 20.0 Å². The molecule has 0 atom stereocenters. The Labute approximate surface area is 134 Å². The molecule has 0 aromatic heterocycles. The van der Waals surface area contributed by atoms with Crippen molar-refractivity contribution in [3.63, 3.8) is 0 Å². The van der Waals surface area contributed by atoms with Crippen LogP contribution in [0.5, 0.6) is 0 Å². The number of hydrogen-bond donors (Lipinski definition) is 0. The SMILES string of the molecule is CCCS(=O)(=O)N1CCN(S(=O)(=O)c2ccc(F)c(F)c2)CC1. The molecule has 0 aliphatic carbocycles. The molecule has 0 radical (unpaired) electrons. The van der Waals surface area contributed by atoms with Gasteiger partial charge in [-0.2, -0.15) is 8.61 Å². The fraction of sp³-hybridized carbons (Fsp3) is 0.538. The van der Waals surface area contributed by atoms with Crippen LogP contribution in [0, 0.1) is 11.6 Å². The third-order valence-corrected chi connectivity index (χ3v) is 7.55. The highest BCUT2D eigenvalue weighted by Crippen LogP contribution is 2.20. The van der Waals surface area contributed by atoms with Gasteiger partial charge in [0, 0.05) is 26.2 Å². The van der Waals surface area contributed by atoms with E-state index < -0.39 is 31.7 Å². The predicted octanol–water partition coefficient (Wildman–Crippen LogP) is 1.01. The molecule has 0 spiro atoms. The van der Waals surface area contributed by atoms with Crippen molar-refractivity contribution in [1.29, 1.82) is 0 Å². The molecule has 0 unspecified atom stereocenters. The van der Waals surface area contributed by atoms with Crippen LogP contribution in [0.25, 0.3) is 0 Å². The summed E-state index contributed by atoms with van der Waals surface area (Å²) in [4.78, 5) is -0.346. The first-order chi connectivity index (χ1) is 10.7. The topological polar surface area (TPSA) is 74.8 Å². The fourth-order valence-corrected chi connectivity index (χ4v) is 5.29.